The van der Waals surface area contributed by atoms with Crippen molar-refractivity contribution >= 4 is 5.97 Å². The van der Waals surface area contributed by atoms with Crippen molar-refractivity contribution in [2.45, 2.75) is 32.1 Å². The molecule has 1 fully saturated rings. The number of hydrogen-bond donors (Lipinski definition) is 1. The summed E-state index contributed by atoms with van der Waals surface area (Å²) in [6.07, 6.45) is 2.23. The molecule has 0 aromatic heterocycles. The number of carboxylic acids is 1. The summed E-state index contributed by atoms with van der Waals surface area (Å²) >= 11 is 0. The molecule has 1 saturated heterocycles. The summed E-state index contributed by atoms with van der Waals surface area (Å²) in [4.78, 5) is 12.9. The van der Waals surface area contributed by atoms with Gasteiger partial charge in [-0.25, -0.2) is 0 Å². The van der Waals surface area contributed by atoms with Crippen LogP contribution in [-0.2, 0) is 4.79 Å². The third-order valence-electron chi connectivity index (χ3n) is 4.08. The van der Waals surface area contributed by atoms with Gasteiger partial charge in [0.25, 0.3) is 0 Å². The van der Waals surface area contributed by atoms with Crippen LogP contribution < -0.4 is 0 Å². The monoisotopic (exact) mass is 261 g/mol. The summed E-state index contributed by atoms with van der Waals surface area (Å²) in [6, 6.07) is 10.7. The lowest BCUT2D eigenvalue weighted by atomic mass is 9.81. The molecule has 19 heavy (non-hydrogen) atoms. The van der Waals surface area contributed by atoms with Crippen LogP contribution in [0.25, 0.3) is 0 Å². The van der Waals surface area contributed by atoms with Gasteiger partial charge in [0.05, 0.1) is 0 Å². The zero-order valence-electron chi connectivity index (χ0n) is 11.6. The molecule has 1 aliphatic heterocycles. The predicted octanol–water partition coefficient (Wildman–Crippen LogP) is 2.98. The summed E-state index contributed by atoms with van der Waals surface area (Å²) in [6.45, 7) is 5.39. The molecule has 3 heteroatoms. The Hall–Kier alpha value is -1.35. The minimum Gasteiger partial charge on any atom is -0.481 e. The van der Waals surface area contributed by atoms with E-state index in [0.29, 0.717) is 11.8 Å². The number of aliphatic carboxylic acids is 1. The fourth-order valence-corrected chi connectivity index (χ4v) is 3.08. The number of carbonyl (C=O) groups is 1. The van der Waals surface area contributed by atoms with Crippen LogP contribution >= 0.6 is 0 Å². The van der Waals surface area contributed by atoms with E-state index < -0.39 is 5.97 Å². The molecule has 0 bridgehead atoms. The minimum atomic E-state index is -0.688. The SMILES string of the molecule is C[C@H]1CN(CCCC(=O)O)CC[C@@H]1c1ccccc1. The van der Waals surface area contributed by atoms with Crippen LogP contribution in [0.4, 0.5) is 0 Å². The normalized spacial score (nSPS) is 24.3. The quantitative estimate of drug-likeness (QED) is 0.886. The van der Waals surface area contributed by atoms with Gasteiger partial charge < -0.3 is 10.0 Å². The fraction of sp³-hybridized carbons (Fsp3) is 0.562. The van der Waals surface area contributed by atoms with Crippen molar-refractivity contribution in [1.82, 2.24) is 4.90 Å². The van der Waals surface area contributed by atoms with E-state index >= 15 is 0 Å². The topological polar surface area (TPSA) is 40.5 Å². The highest BCUT2D eigenvalue weighted by atomic mass is 16.4. The Morgan fingerprint density at radius 3 is 2.74 bits per heavy atom. The smallest absolute Gasteiger partial charge is 0.303 e. The van der Waals surface area contributed by atoms with Crippen molar-refractivity contribution in [3.8, 4) is 0 Å². The lowest BCUT2D eigenvalue weighted by molar-refractivity contribution is -0.137. The highest BCUT2D eigenvalue weighted by molar-refractivity contribution is 5.66. The van der Waals surface area contributed by atoms with Crippen molar-refractivity contribution in [2.24, 2.45) is 5.92 Å². The first-order chi connectivity index (χ1) is 9.16. The molecule has 2 rings (SSSR count). The van der Waals surface area contributed by atoms with Gasteiger partial charge in [-0.05, 0) is 43.3 Å². The first kappa shape index (κ1) is 14.1. The van der Waals surface area contributed by atoms with E-state index in [4.69, 9.17) is 5.11 Å². The van der Waals surface area contributed by atoms with Gasteiger partial charge in [-0.3, -0.25) is 4.79 Å². The molecule has 0 radical (unpaired) electrons. The molecular weight excluding hydrogens is 238 g/mol. The fourth-order valence-electron chi connectivity index (χ4n) is 3.08. The van der Waals surface area contributed by atoms with E-state index in [0.717, 1.165) is 26.1 Å². The van der Waals surface area contributed by atoms with Crippen LogP contribution in [0.5, 0.6) is 0 Å². The zero-order chi connectivity index (χ0) is 13.7. The van der Waals surface area contributed by atoms with E-state index in [1.54, 1.807) is 0 Å². The second kappa shape index (κ2) is 6.71. The molecule has 1 heterocycles. The van der Waals surface area contributed by atoms with Crippen molar-refractivity contribution < 1.29 is 9.90 Å². The van der Waals surface area contributed by atoms with Gasteiger partial charge in [0.1, 0.15) is 0 Å². The molecule has 1 aromatic rings. The molecule has 0 spiro atoms. The Morgan fingerprint density at radius 1 is 1.37 bits per heavy atom. The number of nitrogens with zero attached hydrogens (tertiary/aromatic N) is 1. The summed E-state index contributed by atoms with van der Waals surface area (Å²) in [5.74, 6) is 0.602. The second-order valence-electron chi connectivity index (χ2n) is 5.58. The maximum absolute atomic E-state index is 10.5. The van der Waals surface area contributed by atoms with Gasteiger partial charge >= 0.3 is 5.97 Å². The van der Waals surface area contributed by atoms with E-state index in [1.807, 2.05) is 0 Å². The zero-order valence-corrected chi connectivity index (χ0v) is 11.6. The molecule has 0 amide bonds. The van der Waals surface area contributed by atoms with E-state index in [-0.39, 0.29) is 6.42 Å². The Labute approximate surface area is 115 Å². The van der Waals surface area contributed by atoms with Crippen molar-refractivity contribution in [1.29, 1.82) is 0 Å². The van der Waals surface area contributed by atoms with Crippen LogP contribution in [0.3, 0.4) is 0 Å². The Bertz CT molecular complexity index is 404. The largest absolute Gasteiger partial charge is 0.481 e. The Balaban J connectivity index is 1.83. The van der Waals surface area contributed by atoms with Crippen LogP contribution in [0.2, 0.25) is 0 Å². The van der Waals surface area contributed by atoms with Crippen LogP contribution in [0, 0.1) is 5.92 Å². The highest BCUT2D eigenvalue weighted by Crippen LogP contribution is 2.32. The number of hydrogen-bond acceptors (Lipinski definition) is 2. The van der Waals surface area contributed by atoms with Gasteiger partial charge in [-0.2, -0.15) is 0 Å². The molecule has 1 N–H and O–H groups in total. The molecule has 2 atom stereocenters. The lowest BCUT2D eigenvalue weighted by Gasteiger charge is -2.37. The number of rotatable bonds is 5. The Morgan fingerprint density at radius 2 is 2.11 bits per heavy atom. The number of likely N-dealkylation sites (tertiary alicyclic amines) is 1. The standard InChI is InChI=1S/C16H23NO2/c1-13-12-17(10-5-8-16(18)19)11-9-15(13)14-6-3-2-4-7-14/h2-4,6-7,13,15H,5,8-12H2,1H3,(H,18,19)/t13-,15-/m0/s1. The third-order valence-corrected chi connectivity index (χ3v) is 4.08. The number of benzene rings is 1. The molecule has 1 aliphatic rings. The first-order valence-corrected chi connectivity index (χ1v) is 7.16. The average molecular weight is 261 g/mol. The minimum absolute atomic E-state index is 0.285. The average Bonchev–Trinajstić information content (AvgIpc) is 2.39. The van der Waals surface area contributed by atoms with Gasteiger partial charge in [-0.15, -0.1) is 0 Å². The van der Waals surface area contributed by atoms with Crippen LogP contribution in [-0.4, -0.2) is 35.6 Å². The van der Waals surface area contributed by atoms with Crippen molar-refractivity contribution in [2.75, 3.05) is 19.6 Å². The van der Waals surface area contributed by atoms with Crippen molar-refractivity contribution in [3.05, 3.63) is 35.9 Å². The summed E-state index contributed by atoms with van der Waals surface area (Å²) in [7, 11) is 0. The molecule has 104 valence electrons. The maximum atomic E-state index is 10.5. The van der Waals surface area contributed by atoms with Crippen LogP contribution in [0.1, 0.15) is 37.7 Å². The predicted molar refractivity (Wildman–Crippen MR) is 76.3 cm³/mol. The van der Waals surface area contributed by atoms with Gasteiger partial charge in [-0.1, -0.05) is 37.3 Å². The Kier molecular flexibility index (Phi) is 4.97. The van der Waals surface area contributed by atoms with E-state index in [1.165, 1.54) is 12.0 Å². The molecule has 0 saturated carbocycles. The van der Waals surface area contributed by atoms with Crippen molar-refractivity contribution in [3.63, 3.8) is 0 Å². The lowest BCUT2D eigenvalue weighted by Crippen LogP contribution is -2.39. The van der Waals surface area contributed by atoms with Gasteiger partial charge in [0.15, 0.2) is 0 Å². The molecular formula is C16H23NO2. The maximum Gasteiger partial charge on any atom is 0.303 e. The molecule has 1 aromatic carbocycles. The third kappa shape index (κ3) is 4.06. The van der Waals surface area contributed by atoms with E-state index in [2.05, 4.69) is 42.2 Å². The highest BCUT2D eigenvalue weighted by Gasteiger charge is 2.26. The summed E-state index contributed by atoms with van der Waals surface area (Å²) < 4.78 is 0. The van der Waals surface area contributed by atoms with Gasteiger partial charge in [0.2, 0.25) is 0 Å². The molecule has 0 aliphatic carbocycles. The van der Waals surface area contributed by atoms with Crippen LogP contribution in [0.15, 0.2) is 30.3 Å². The second-order valence-corrected chi connectivity index (χ2v) is 5.58. The first-order valence-electron chi connectivity index (χ1n) is 7.16. The summed E-state index contributed by atoms with van der Waals surface area (Å²) in [5.41, 5.74) is 1.44. The molecule has 3 nitrogen and oxygen atoms in total. The number of piperidine rings is 1. The van der Waals surface area contributed by atoms with Gasteiger partial charge in [0, 0.05) is 13.0 Å². The molecule has 0 unspecified atom stereocenters. The van der Waals surface area contributed by atoms with E-state index in [9.17, 15) is 4.79 Å². The number of carboxylic acid groups (broad SMARTS) is 1. The summed E-state index contributed by atoms with van der Waals surface area (Å²) in [5, 5.41) is 8.67.